The normalized spacial score (nSPS) is 11.2. The van der Waals surface area contributed by atoms with Crippen LogP contribution in [0.4, 0.5) is 20.2 Å². The minimum Gasteiger partial charge on any atom is -0.457 e. The summed E-state index contributed by atoms with van der Waals surface area (Å²) in [5, 5.41) is 18.5. The first-order chi connectivity index (χ1) is 17.0. The quantitative estimate of drug-likeness (QED) is 0.251. The molecule has 2 aromatic carbocycles. The molecule has 0 unspecified atom stereocenters. The number of aryl methyl sites for hydroxylation is 4. The minimum absolute atomic E-state index is 0.138. The number of alkyl halides is 2. The Morgan fingerprint density at radius 3 is 2.36 bits per heavy atom. The van der Waals surface area contributed by atoms with Gasteiger partial charge in [0, 0.05) is 23.4 Å². The fourth-order valence-electron chi connectivity index (χ4n) is 4.08. The molecule has 11 heteroatoms. The van der Waals surface area contributed by atoms with E-state index in [1.165, 1.54) is 28.9 Å². The average Bonchev–Trinajstić information content (AvgIpc) is 3.06. The number of halogens is 2. The number of ether oxygens (including phenoxy) is 1. The van der Waals surface area contributed by atoms with Gasteiger partial charge in [-0.05, 0) is 57.0 Å². The number of hydrogen-bond donors (Lipinski definition) is 1. The molecule has 0 aliphatic carbocycles. The molecule has 0 aliphatic heterocycles. The van der Waals surface area contributed by atoms with Crippen molar-refractivity contribution in [2.75, 3.05) is 5.32 Å². The number of benzene rings is 2. The molecule has 0 bridgehead atoms. The number of nitrogens with zero attached hydrogens (tertiary/aromatic N) is 4. The molecular formula is C25H23F2N5O4. The fourth-order valence-corrected chi connectivity index (χ4v) is 4.08. The van der Waals surface area contributed by atoms with Gasteiger partial charge >= 0.3 is 0 Å². The van der Waals surface area contributed by atoms with Gasteiger partial charge in [-0.25, -0.2) is 18.4 Å². The topological polar surface area (TPSA) is 112 Å². The number of anilines is 1. The number of nitro groups is 1. The number of amides is 1. The molecule has 0 aliphatic rings. The predicted molar refractivity (Wildman–Crippen MR) is 130 cm³/mol. The van der Waals surface area contributed by atoms with Crippen molar-refractivity contribution in [2.45, 2.75) is 40.7 Å². The molecule has 0 spiro atoms. The molecule has 36 heavy (non-hydrogen) atoms. The van der Waals surface area contributed by atoms with E-state index in [0.29, 0.717) is 17.1 Å². The highest BCUT2D eigenvalue weighted by Crippen LogP contribution is 2.32. The highest BCUT2D eigenvalue weighted by Gasteiger charge is 2.21. The van der Waals surface area contributed by atoms with Gasteiger partial charge in [-0.2, -0.15) is 5.10 Å². The Labute approximate surface area is 204 Å². The van der Waals surface area contributed by atoms with E-state index in [0.717, 1.165) is 11.1 Å². The SMILES string of the molecule is Cc1cc(C)cc(Oc2cc(NC(=O)Cn3nc(C)c4c(C(F)F)cc(C)nc43)cc([N+](=O)[O-])c2)c1. The summed E-state index contributed by atoms with van der Waals surface area (Å²) in [6.07, 6.45) is -2.72. The van der Waals surface area contributed by atoms with Crippen molar-refractivity contribution in [1.29, 1.82) is 0 Å². The molecule has 1 N–H and O–H groups in total. The third kappa shape index (κ3) is 5.29. The van der Waals surface area contributed by atoms with Crippen LogP contribution in [-0.4, -0.2) is 25.6 Å². The van der Waals surface area contributed by atoms with Crippen LogP contribution in [0.1, 0.15) is 34.5 Å². The monoisotopic (exact) mass is 495 g/mol. The first-order valence-corrected chi connectivity index (χ1v) is 11.0. The Hall–Kier alpha value is -4.41. The lowest BCUT2D eigenvalue weighted by atomic mass is 10.1. The third-order valence-electron chi connectivity index (χ3n) is 5.38. The molecule has 186 valence electrons. The zero-order valence-corrected chi connectivity index (χ0v) is 20.0. The lowest BCUT2D eigenvalue weighted by molar-refractivity contribution is -0.384. The van der Waals surface area contributed by atoms with Gasteiger partial charge in [-0.1, -0.05) is 6.07 Å². The fraction of sp³-hybridized carbons (Fsp3) is 0.240. The van der Waals surface area contributed by atoms with Crippen molar-refractivity contribution in [3.8, 4) is 11.5 Å². The molecule has 9 nitrogen and oxygen atoms in total. The standard InChI is InChI=1S/C25H23F2N5O4/c1-13-5-14(2)7-19(6-13)36-20-10-17(9-18(11-20)32(34)35)29-22(33)12-31-25-23(16(4)30-31)21(24(26)27)8-15(3)28-25/h5-11,24H,12H2,1-4H3,(H,29,33). The Bertz CT molecular complexity index is 1480. The maximum absolute atomic E-state index is 13.5. The number of carbonyl (C=O) groups excluding carboxylic acids is 1. The zero-order chi connectivity index (χ0) is 26.1. The van der Waals surface area contributed by atoms with E-state index >= 15 is 0 Å². The number of nitro benzene ring substituents is 1. The van der Waals surface area contributed by atoms with Crippen molar-refractivity contribution < 1.29 is 23.2 Å². The van der Waals surface area contributed by atoms with Crippen molar-refractivity contribution in [3.05, 3.63) is 80.7 Å². The van der Waals surface area contributed by atoms with Crippen molar-refractivity contribution >= 4 is 28.3 Å². The van der Waals surface area contributed by atoms with Crippen molar-refractivity contribution in [1.82, 2.24) is 14.8 Å². The second-order valence-corrected chi connectivity index (χ2v) is 8.54. The Balaban J connectivity index is 1.62. The van der Waals surface area contributed by atoms with E-state index in [1.807, 2.05) is 19.9 Å². The number of nitrogens with one attached hydrogen (secondary N) is 1. The molecule has 4 rings (SSSR count). The summed E-state index contributed by atoms with van der Waals surface area (Å²) < 4.78 is 34.2. The van der Waals surface area contributed by atoms with Crippen LogP contribution in [0.3, 0.4) is 0 Å². The molecule has 0 saturated carbocycles. The van der Waals surface area contributed by atoms with Crippen LogP contribution in [-0.2, 0) is 11.3 Å². The Kier molecular flexibility index (Phi) is 6.65. The van der Waals surface area contributed by atoms with Crippen LogP contribution in [0.5, 0.6) is 11.5 Å². The molecule has 0 saturated heterocycles. The number of rotatable bonds is 7. The highest BCUT2D eigenvalue weighted by molar-refractivity contribution is 5.92. The molecule has 1 amide bonds. The number of non-ortho nitro benzene ring substituents is 1. The van der Waals surface area contributed by atoms with Gasteiger partial charge in [-0.15, -0.1) is 0 Å². The predicted octanol–water partition coefficient (Wildman–Crippen LogP) is 5.94. The molecular weight excluding hydrogens is 472 g/mol. The van der Waals surface area contributed by atoms with Crippen LogP contribution in [0.2, 0.25) is 0 Å². The molecule has 0 atom stereocenters. The lowest BCUT2D eigenvalue weighted by Gasteiger charge is -2.11. The smallest absolute Gasteiger partial charge is 0.275 e. The third-order valence-corrected chi connectivity index (χ3v) is 5.38. The van der Waals surface area contributed by atoms with Gasteiger partial charge in [0.1, 0.15) is 18.0 Å². The maximum atomic E-state index is 13.5. The van der Waals surface area contributed by atoms with Crippen molar-refractivity contribution in [3.63, 3.8) is 0 Å². The molecule has 0 radical (unpaired) electrons. The van der Waals surface area contributed by atoms with Crippen LogP contribution in [0.15, 0.2) is 42.5 Å². The van der Waals surface area contributed by atoms with Gasteiger partial charge in [0.05, 0.1) is 27.8 Å². The summed E-state index contributed by atoms with van der Waals surface area (Å²) in [5.74, 6) is 0.0999. The Morgan fingerprint density at radius 1 is 1.06 bits per heavy atom. The summed E-state index contributed by atoms with van der Waals surface area (Å²) in [5.41, 5.74) is 2.44. The number of fused-ring (bicyclic) bond motifs is 1. The van der Waals surface area contributed by atoms with E-state index in [1.54, 1.807) is 26.0 Å². The number of carbonyl (C=O) groups is 1. The highest BCUT2D eigenvalue weighted by atomic mass is 19.3. The van der Waals surface area contributed by atoms with E-state index in [9.17, 15) is 23.7 Å². The van der Waals surface area contributed by atoms with E-state index < -0.39 is 17.3 Å². The summed E-state index contributed by atoms with van der Waals surface area (Å²) >= 11 is 0. The van der Waals surface area contributed by atoms with Crippen LogP contribution in [0.25, 0.3) is 11.0 Å². The van der Waals surface area contributed by atoms with Gasteiger partial charge in [0.15, 0.2) is 5.65 Å². The zero-order valence-electron chi connectivity index (χ0n) is 20.0. The molecule has 0 fully saturated rings. The van der Waals surface area contributed by atoms with E-state index in [4.69, 9.17) is 4.74 Å². The largest absolute Gasteiger partial charge is 0.457 e. The summed E-state index contributed by atoms with van der Waals surface area (Å²) in [6.45, 7) is 6.62. The van der Waals surface area contributed by atoms with Gasteiger partial charge in [-0.3, -0.25) is 14.9 Å². The molecule has 2 aromatic heterocycles. The lowest BCUT2D eigenvalue weighted by Crippen LogP contribution is -2.20. The summed E-state index contributed by atoms with van der Waals surface area (Å²) in [4.78, 5) is 28.0. The van der Waals surface area contributed by atoms with Crippen LogP contribution >= 0.6 is 0 Å². The second-order valence-electron chi connectivity index (χ2n) is 8.54. The van der Waals surface area contributed by atoms with Crippen LogP contribution < -0.4 is 10.1 Å². The summed E-state index contributed by atoms with van der Waals surface area (Å²) in [6, 6.07) is 10.8. The number of hydrogen-bond acceptors (Lipinski definition) is 6. The number of aromatic nitrogens is 3. The van der Waals surface area contributed by atoms with Crippen molar-refractivity contribution in [2.24, 2.45) is 0 Å². The number of pyridine rings is 1. The first kappa shape index (κ1) is 24.7. The van der Waals surface area contributed by atoms with Gasteiger partial charge in [0.25, 0.3) is 12.1 Å². The molecule has 4 aromatic rings. The maximum Gasteiger partial charge on any atom is 0.275 e. The minimum atomic E-state index is -2.72. The molecule has 2 heterocycles. The van der Waals surface area contributed by atoms with Crippen LogP contribution in [0, 0.1) is 37.8 Å². The van der Waals surface area contributed by atoms with Gasteiger partial charge in [0.2, 0.25) is 5.91 Å². The second kappa shape index (κ2) is 9.68. The first-order valence-electron chi connectivity index (χ1n) is 11.0. The van der Waals surface area contributed by atoms with E-state index in [2.05, 4.69) is 15.4 Å². The Morgan fingerprint density at radius 2 is 1.72 bits per heavy atom. The van der Waals surface area contributed by atoms with E-state index in [-0.39, 0.29) is 40.3 Å². The van der Waals surface area contributed by atoms with Gasteiger partial charge < -0.3 is 10.1 Å². The summed E-state index contributed by atoms with van der Waals surface area (Å²) in [7, 11) is 0. The average molecular weight is 495 g/mol.